The van der Waals surface area contributed by atoms with Gasteiger partial charge in [-0.1, -0.05) is 6.07 Å². The summed E-state index contributed by atoms with van der Waals surface area (Å²) < 4.78 is 7.33. The average Bonchev–Trinajstić information content (AvgIpc) is 3.03. The van der Waals surface area contributed by atoms with Gasteiger partial charge in [0.1, 0.15) is 22.2 Å². The first-order chi connectivity index (χ1) is 9.26. The summed E-state index contributed by atoms with van der Waals surface area (Å²) in [7, 11) is 3.60. The van der Waals surface area contributed by atoms with Crippen LogP contribution in [0.25, 0.3) is 21.7 Å². The number of hydrogen-bond acceptors (Lipinski definition) is 4. The predicted molar refractivity (Wildman–Crippen MR) is 75.3 cm³/mol. The maximum absolute atomic E-state index is 9.15. The minimum Gasteiger partial charge on any atom is -0.495 e. The van der Waals surface area contributed by atoms with Gasteiger partial charge in [0, 0.05) is 7.05 Å². The van der Waals surface area contributed by atoms with Gasteiger partial charge in [0.25, 0.3) is 0 Å². The highest BCUT2D eigenvalue weighted by atomic mass is 32.1. The molecule has 2 aromatic heterocycles. The maximum atomic E-state index is 9.15. The molecule has 1 aromatic carbocycles. The van der Waals surface area contributed by atoms with Crippen LogP contribution in [0, 0.1) is 11.3 Å². The first-order valence-electron chi connectivity index (χ1n) is 5.73. The van der Waals surface area contributed by atoms with Gasteiger partial charge in [-0.2, -0.15) is 5.26 Å². The lowest BCUT2D eigenvalue weighted by atomic mass is 10.2. The summed E-state index contributed by atoms with van der Waals surface area (Å²) in [5.74, 6) is 1.63. The highest BCUT2D eigenvalue weighted by Crippen LogP contribution is 2.36. The summed E-state index contributed by atoms with van der Waals surface area (Å²) in [4.78, 5) is 5.58. The molecule has 4 nitrogen and oxygen atoms in total. The van der Waals surface area contributed by atoms with E-state index in [0.29, 0.717) is 5.56 Å². The van der Waals surface area contributed by atoms with Crippen LogP contribution in [0.1, 0.15) is 5.56 Å². The Balaban J connectivity index is 2.32. The van der Waals surface area contributed by atoms with Crippen LogP contribution in [0.4, 0.5) is 0 Å². The molecule has 3 aromatic rings. The van der Waals surface area contributed by atoms with Gasteiger partial charge in [0.15, 0.2) is 5.82 Å². The smallest absolute Gasteiger partial charge is 0.154 e. The highest BCUT2D eigenvalue weighted by Gasteiger charge is 2.16. The summed E-state index contributed by atoms with van der Waals surface area (Å²) in [6, 6.07) is 9.72. The van der Waals surface area contributed by atoms with Gasteiger partial charge in [-0.25, -0.2) is 4.98 Å². The Morgan fingerprint density at radius 1 is 1.37 bits per heavy atom. The number of ether oxygens (including phenoxy) is 1. The number of fused-ring (bicyclic) bond motifs is 1. The molecule has 0 N–H and O–H groups in total. The van der Waals surface area contributed by atoms with Crippen molar-refractivity contribution >= 4 is 22.4 Å². The molecule has 0 radical (unpaired) electrons. The lowest BCUT2D eigenvalue weighted by molar-refractivity contribution is 0.418. The van der Waals surface area contributed by atoms with Crippen LogP contribution in [-0.4, -0.2) is 16.7 Å². The molecule has 19 heavy (non-hydrogen) atoms. The van der Waals surface area contributed by atoms with E-state index in [0.717, 1.165) is 27.5 Å². The van der Waals surface area contributed by atoms with E-state index in [1.165, 1.54) is 0 Å². The number of thiophene rings is 1. The Bertz CT molecular complexity index is 795. The van der Waals surface area contributed by atoms with Crippen LogP contribution in [-0.2, 0) is 7.05 Å². The second-order valence-corrected chi connectivity index (χ2v) is 5.01. The third-order valence-electron chi connectivity index (χ3n) is 3.08. The molecule has 0 aliphatic rings. The highest BCUT2D eigenvalue weighted by molar-refractivity contribution is 7.13. The van der Waals surface area contributed by atoms with Gasteiger partial charge in [0.2, 0.25) is 0 Å². The number of rotatable bonds is 2. The molecule has 0 saturated carbocycles. The maximum Gasteiger partial charge on any atom is 0.154 e. The second-order valence-electron chi connectivity index (χ2n) is 4.10. The minimum absolute atomic E-state index is 0.592. The van der Waals surface area contributed by atoms with Crippen molar-refractivity contribution in [2.75, 3.05) is 7.11 Å². The first-order valence-corrected chi connectivity index (χ1v) is 6.61. The van der Waals surface area contributed by atoms with E-state index in [-0.39, 0.29) is 0 Å². The molecule has 3 rings (SSSR count). The van der Waals surface area contributed by atoms with Gasteiger partial charge in [0.05, 0.1) is 18.2 Å². The van der Waals surface area contributed by atoms with Gasteiger partial charge >= 0.3 is 0 Å². The number of aryl methyl sites for hydroxylation is 1. The summed E-state index contributed by atoms with van der Waals surface area (Å²) in [5, 5.41) is 11.1. The molecule has 0 unspecified atom stereocenters. The van der Waals surface area contributed by atoms with E-state index >= 15 is 0 Å². The Morgan fingerprint density at radius 2 is 2.21 bits per heavy atom. The van der Waals surface area contributed by atoms with Crippen molar-refractivity contribution in [2.45, 2.75) is 0 Å². The van der Waals surface area contributed by atoms with Gasteiger partial charge in [-0.15, -0.1) is 11.3 Å². The molecule has 0 spiro atoms. The molecule has 2 heterocycles. The fourth-order valence-corrected chi connectivity index (χ4v) is 3.01. The summed E-state index contributed by atoms with van der Waals surface area (Å²) in [6.07, 6.45) is 0. The molecular weight excluding hydrogens is 258 g/mol. The zero-order valence-electron chi connectivity index (χ0n) is 10.5. The average molecular weight is 269 g/mol. The number of nitriles is 1. The van der Waals surface area contributed by atoms with Gasteiger partial charge < -0.3 is 9.30 Å². The Morgan fingerprint density at radius 3 is 2.95 bits per heavy atom. The number of nitrogens with zero attached hydrogens (tertiary/aromatic N) is 3. The molecule has 0 atom stereocenters. The van der Waals surface area contributed by atoms with Crippen LogP contribution < -0.4 is 4.74 Å². The largest absolute Gasteiger partial charge is 0.495 e. The third-order valence-corrected chi connectivity index (χ3v) is 3.98. The predicted octanol–water partition coefficient (Wildman–Crippen LogP) is 3.18. The van der Waals surface area contributed by atoms with Crippen molar-refractivity contribution in [3.05, 3.63) is 35.2 Å². The first kappa shape index (κ1) is 11.8. The minimum atomic E-state index is 0.592. The molecule has 5 heteroatoms. The zero-order valence-corrected chi connectivity index (χ0v) is 11.4. The second kappa shape index (κ2) is 4.41. The van der Waals surface area contributed by atoms with Crippen LogP contribution in [0.2, 0.25) is 0 Å². The van der Waals surface area contributed by atoms with Crippen LogP contribution >= 0.6 is 11.3 Å². The number of imidazole rings is 1. The fraction of sp³-hybridized carbons (Fsp3) is 0.143. The van der Waals surface area contributed by atoms with Crippen molar-refractivity contribution in [3.8, 4) is 22.5 Å². The Hall–Kier alpha value is -2.32. The Labute approximate surface area is 114 Å². The van der Waals surface area contributed by atoms with Crippen molar-refractivity contribution in [1.82, 2.24) is 9.55 Å². The van der Waals surface area contributed by atoms with Crippen molar-refractivity contribution in [1.29, 1.82) is 5.26 Å². The van der Waals surface area contributed by atoms with Crippen LogP contribution in [0.5, 0.6) is 5.75 Å². The molecular formula is C14H11N3OS. The molecule has 0 aliphatic heterocycles. The lowest BCUT2D eigenvalue weighted by Gasteiger charge is -2.02. The number of methoxy groups -OCH3 is 1. The summed E-state index contributed by atoms with van der Waals surface area (Å²) in [5.41, 5.74) is 2.28. The molecule has 0 aliphatic carbocycles. The Kier molecular flexibility index (Phi) is 2.73. The monoisotopic (exact) mass is 269 g/mol. The van der Waals surface area contributed by atoms with Gasteiger partial charge in [-0.3, -0.25) is 0 Å². The number of para-hydroxylation sites is 1. The molecule has 0 amide bonds. The van der Waals surface area contributed by atoms with Crippen molar-refractivity contribution < 1.29 is 4.74 Å². The summed E-state index contributed by atoms with van der Waals surface area (Å²) in [6.45, 7) is 0. The van der Waals surface area contributed by atoms with Crippen molar-refractivity contribution in [3.63, 3.8) is 0 Å². The fourth-order valence-electron chi connectivity index (χ4n) is 2.13. The van der Waals surface area contributed by atoms with E-state index in [1.54, 1.807) is 24.5 Å². The SMILES string of the molecule is COc1ccsc1-c1nc2c(C#N)cccc2n1C. The molecule has 0 fully saturated rings. The molecule has 0 bridgehead atoms. The topological polar surface area (TPSA) is 50.8 Å². The molecule has 0 saturated heterocycles. The van der Waals surface area contributed by atoms with E-state index in [4.69, 9.17) is 10.00 Å². The van der Waals surface area contributed by atoms with E-state index < -0.39 is 0 Å². The normalized spacial score (nSPS) is 10.6. The van der Waals surface area contributed by atoms with E-state index in [9.17, 15) is 0 Å². The standard InChI is InChI=1S/C14H11N3OS/c1-17-10-5-3-4-9(8-15)12(10)16-14(17)13-11(18-2)6-7-19-13/h3-7H,1-2H3. The van der Waals surface area contributed by atoms with Crippen LogP contribution in [0.3, 0.4) is 0 Å². The zero-order chi connectivity index (χ0) is 13.4. The number of aromatic nitrogens is 2. The molecule has 94 valence electrons. The van der Waals surface area contributed by atoms with Crippen molar-refractivity contribution in [2.24, 2.45) is 7.05 Å². The van der Waals surface area contributed by atoms with E-state index in [1.807, 2.05) is 35.2 Å². The quantitative estimate of drug-likeness (QED) is 0.718. The summed E-state index contributed by atoms with van der Waals surface area (Å²) >= 11 is 1.58. The van der Waals surface area contributed by atoms with Gasteiger partial charge in [-0.05, 0) is 23.6 Å². The third kappa shape index (κ3) is 1.69. The van der Waals surface area contributed by atoms with Crippen LogP contribution in [0.15, 0.2) is 29.6 Å². The lowest BCUT2D eigenvalue weighted by Crippen LogP contribution is -1.92. The van der Waals surface area contributed by atoms with E-state index in [2.05, 4.69) is 11.1 Å². The number of hydrogen-bond donors (Lipinski definition) is 0. The number of benzene rings is 1.